The van der Waals surface area contributed by atoms with Gasteiger partial charge in [0.2, 0.25) is 0 Å². The van der Waals surface area contributed by atoms with E-state index in [-0.39, 0.29) is 0 Å². The molecular formula is C6H5NS. The Morgan fingerprint density at radius 3 is 3.00 bits per heavy atom. The van der Waals surface area contributed by atoms with Crippen LogP contribution in [0.1, 0.15) is 0 Å². The summed E-state index contributed by atoms with van der Waals surface area (Å²) in [5, 5.41) is 0. The molecule has 40 valence electrons. The lowest BCUT2D eigenvalue weighted by Gasteiger charge is -1.60. The molecule has 0 atom stereocenters. The minimum absolute atomic E-state index is 0.634. The maximum atomic E-state index is 4.77. The Kier molecular flexibility index (Phi) is 1.70. The number of rotatable bonds is 0. The summed E-state index contributed by atoms with van der Waals surface area (Å²) in [6.07, 6.45) is 1.68. The molecule has 0 saturated heterocycles. The molecule has 2 heteroatoms. The molecule has 0 amide bonds. The highest BCUT2D eigenvalue weighted by molar-refractivity contribution is 7.71. The van der Waals surface area contributed by atoms with Gasteiger partial charge in [-0.05, 0) is 12.1 Å². The molecule has 0 saturated carbocycles. The SMILES string of the molecule is S=c1cccccn1. The Hall–Kier alpha value is -0.760. The Labute approximate surface area is 53.0 Å². The van der Waals surface area contributed by atoms with Crippen LogP contribution in [0.2, 0.25) is 0 Å². The first kappa shape index (κ1) is 5.38. The number of aromatic nitrogens is 1. The fourth-order valence-electron chi connectivity index (χ4n) is 0.411. The first-order chi connectivity index (χ1) is 3.89. The summed E-state index contributed by atoms with van der Waals surface area (Å²) in [7, 11) is 0. The molecule has 1 heterocycles. The van der Waals surface area contributed by atoms with Gasteiger partial charge in [0.1, 0.15) is 4.64 Å². The Morgan fingerprint density at radius 2 is 2.12 bits per heavy atom. The van der Waals surface area contributed by atoms with Crippen LogP contribution in [-0.2, 0) is 0 Å². The maximum Gasteiger partial charge on any atom is 0.126 e. The van der Waals surface area contributed by atoms with Gasteiger partial charge in [0.25, 0.3) is 0 Å². The monoisotopic (exact) mass is 123 g/mol. The van der Waals surface area contributed by atoms with Crippen LogP contribution >= 0.6 is 12.2 Å². The molecule has 8 heavy (non-hydrogen) atoms. The van der Waals surface area contributed by atoms with E-state index in [0.717, 1.165) is 0 Å². The molecule has 1 aromatic rings. The molecule has 0 fully saturated rings. The van der Waals surface area contributed by atoms with Gasteiger partial charge in [-0.25, -0.2) is 4.98 Å². The molecule has 0 unspecified atom stereocenters. The van der Waals surface area contributed by atoms with Gasteiger partial charge in [-0.15, -0.1) is 0 Å². The smallest absolute Gasteiger partial charge is 0.126 e. The van der Waals surface area contributed by atoms with Crippen molar-refractivity contribution in [1.29, 1.82) is 0 Å². The van der Waals surface area contributed by atoms with E-state index in [1.54, 1.807) is 12.3 Å². The normalized spacial score (nSPS) is 8.50. The highest BCUT2D eigenvalue weighted by Crippen LogP contribution is 1.80. The van der Waals surface area contributed by atoms with Crippen LogP contribution < -0.4 is 0 Å². The zero-order valence-corrected chi connectivity index (χ0v) is 5.06. The van der Waals surface area contributed by atoms with Crippen LogP contribution in [0, 0.1) is 4.64 Å². The molecule has 0 radical (unpaired) electrons. The van der Waals surface area contributed by atoms with Crippen molar-refractivity contribution in [2.45, 2.75) is 0 Å². The molecule has 0 bridgehead atoms. The quantitative estimate of drug-likeness (QED) is 0.488. The van der Waals surface area contributed by atoms with E-state index in [9.17, 15) is 0 Å². The Balaban J connectivity index is 3.32. The van der Waals surface area contributed by atoms with Crippen molar-refractivity contribution in [3.8, 4) is 0 Å². The summed E-state index contributed by atoms with van der Waals surface area (Å²) in [5.41, 5.74) is 0. The van der Waals surface area contributed by atoms with E-state index < -0.39 is 0 Å². The zero-order chi connectivity index (χ0) is 5.82. The van der Waals surface area contributed by atoms with Crippen LogP contribution in [0.15, 0.2) is 30.5 Å². The predicted octanol–water partition coefficient (Wildman–Crippen LogP) is 1.81. The largest absolute Gasteiger partial charge is 0.245 e. The van der Waals surface area contributed by atoms with Crippen LogP contribution in [0.25, 0.3) is 0 Å². The summed E-state index contributed by atoms with van der Waals surface area (Å²) < 4.78 is 0.634. The number of hydrogen-bond donors (Lipinski definition) is 0. The second-order valence-electron chi connectivity index (χ2n) is 1.36. The van der Waals surface area contributed by atoms with Crippen molar-refractivity contribution in [2.75, 3.05) is 0 Å². The van der Waals surface area contributed by atoms with E-state index >= 15 is 0 Å². The second kappa shape index (κ2) is 2.52. The summed E-state index contributed by atoms with van der Waals surface area (Å²) in [6.45, 7) is 0. The molecule has 0 aromatic carbocycles. The van der Waals surface area contributed by atoms with Gasteiger partial charge in [0.05, 0.1) is 0 Å². The molecular weight excluding hydrogens is 118 g/mol. The first-order valence-corrected chi connectivity index (χ1v) is 2.72. The summed E-state index contributed by atoms with van der Waals surface area (Å²) in [4.78, 5) is 3.86. The summed E-state index contributed by atoms with van der Waals surface area (Å²) in [6, 6.07) is 7.39. The minimum Gasteiger partial charge on any atom is -0.245 e. The standard InChI is InChI=1S/C6H5NS/c8-6-4-2-1-3-5-7-6/h1-5H. The van der Waals surface area contributed by atoms with Crippen molar-refractivity contribution in [1.82, 2.24) is 4.98 Å². The van der Waals surface area contributed by atoms with Gasteiger partial charge >= 0.3 is 0 Å². The van der Waals surface area contributed by atoms with E-state index in [0.29, 0.717) is 4.64 Å². The molecule has 0 aliphatic rings. The van der Waals surface area contributed by atoms with Crippen molar-refractivity contribution in [2.24, 2.45) is 0 Å². The fourth-order valence-corrected chi connectivity index (χ4v) is 0.551. The lowest BCUT2D eigenvalue weighted by molar-refractivity contribution is 1.34. The number of nitrogens with zero attached hydrogens (tertiary/aromatic N) is 1. The molecule has 0 aliphatic heterocycles. The van der Waals surface area contributed by atoms with Crippen molar-refractivity contribution in [3.63, 3.8) is 0 Å². The Morgan fingerprint density at radius 1 is 1.25 bits per heavy atom. The average Bonchev–Trinajstić information content (AvgIpc) is 1.94. The fraction of sp³-hybridized carbons (Fsp3) is 0. The van der Waals surface area contributed by atoms with Crippen LogP contribution in [0.3, 0.4) is 0 Å². The third-order valence-electron chi connectivity index (χ3n) is 0.749. The lowest BCUT2D eigenvalue weighted by atomic mass is 10.5. The highest BCUT2D eigenvalue weighted by Gasteiger charge is 1.66. The van der Waals surface area contributed by atoms with Gasteiger partial charge in [0, 0.05) is 6.20 Å². The first-order valence-electron chi connectivity index (χ1n) is 2.31. The Bertz CT molecular complexity index is 199. The number of hydrogen-bond acceptors (Lipinski definition) is 2. The maximum absolute atomic E-state index is 4.77. The predicted molar refractivity (Wildman–Crippen MR) is 35.1 cm³/mol. The van der Waals surface area contributed by atoms with E-state index in [2.05, 4.69) is 4.98 Å². The molecule has 0 aliphatic carbocycles. The van der Waals surface area contributed by atoms with Gasteiger partial charge in [0.15, 0.2) is 0 Å². The molecule has 1 rings (SSSR count). The molecule has 1 nitrogen and oxygen atoms in total. The van der Waals surface area contributed by atoms with Crippen LogP contribution in [0.5, 0.6) is 0 Å². The van der Waals surface area contributed by atoms with E-state index in [4.69, 9.17) is 12.2 Å². The van der Waals surface area contributed by atoms with Crippen molar-refractivity contribution < 1.29 is 0 Å². The molecule has 0 spiro atoms. The van der Waals surface area contributed by atoms with Crippen LogP contribution in [0.4, 0.5) is 0 Å². The van der Waals surface area contributed by atoms with Crippen molar-refractivity contribution in [3.05, 3.63) is 35.1 Å². The molecule has 0 N–H and O–H groups in total. The van der Waals surface area contributed by atoms with Crippen molar-refractivity contribution >= 4 is 12.2 Å². The van der Waals surface area contributed by atoms with Gasteiger partial charge in [-0.1, -0.05) is 24.4 Å². The van der Waals surface area contributed by atoms with E-state index in [1.807, 2.05) is 18.2 Å². The summed E-state index contributed by atoms with van der Waals surface area (Å²) in [5.74, 6) is 0. The average molecular weight is 123 g/mol. The van der Waals surface area contributed by atoms with Crippen LogP contribution in [-0.4, -0.2) is 4.98 Å². The third kappa shape index (κ3) is 1.39. The third-order valence-corrected chi connectivity index (χ3v) is 0.990. The summed E-state index contributed by atoms with van der Waals surface area (Å²) >= 11 is 4.77. The minimum atomic E-state index is 0.634. The lowest BCUT2D eigenvalue weighted by Crippen LogP contribution is -1.56. The van der Waals surface area contributed by atoms with E-state index in [1.165, 1.54) is 0 Å². The molecule has 1 aromatic heterocycles. The topological polar surface area (TPSA) is 12.9 Å². The zero-order valence-electron chi connectivity index (χ0n) is 4.24. The van der Waals surface area contributed by atoms with Gasteiger partial charge < -0.3 is 0 Å². The van der Waals surface area contributed by atoms with Gasteiger partial charge in [-0.2, -0.15) is 0 Å². The second-order valence-corrected chi connectivity index (χ2v) is 1.78. The van der Waals surface area contributed by atoms with Gasteiger partial charge in [-0.3, -0.25) is 0 Å². The highest BCUT2D eigenvalue weighted by atomic mass is 32.1.